The van der Waals surface area contributed by atoms with Crippen LogP contribution in [0.25, 0.3) is 21.1 Å². The van der Waals surface area contributed by atoms with Gasteiger partial charge in [0, 0.05) is 11.1 Å². The van der Waals surface area contributed by atoms with Crippen LogP contribution in [0.3, 0.4) is 0 Å². The van der Waals surface area contributed by atoms with Crippen molar-refractivity contribution < 1.29 is 0 Å². The zero-order chi connectivity index (χ0) is 21.7. The minimum atomic E-state index is 1.00. The lowest BCUT2D eigenvalue weighted by atomic mass is 10.0. The number of rotatable bonds is 14. The minimum absolute atomic E-state index is 1.00. The van der Waals surface area contributed by atoms with Gasteiger partial charge in [0.1, 0.15) is 10.0 Å². The molecule has 0 unspecified atom stereocenters. The maximum absolute atomic E-state index is 4.46. The fraction of sp³-hybridized carbons (Fsp3) is 0.500. The topological polar surface area (TPSA) is 25.8 Å². The van der Waals surface area contributed by atoms with Crippen LogP contribution in [-0.2, 0) is 12.8 Å². The van der Waals surface area contributed by atoms with Gasteiger partial charge in [-0.05, 0) is 36.8 Å². The molecule has 0 N–H and O–H groups in total. The number of nitrogens with zero attached hydrogens (tertiary/aromatic N) is 2. The van der Waals surface area contributed by atoms with E-state index in [0.717, 1.165) is 10.0 Å². The SMILES string of the molecule is CCCCCCCCc1ccc(-c2nnc(-c3ccc(CCCCCC)cc3)s2)cc1. The number of hydrogen-bond donors (Lipinski definition) is 0. The molecular formula is C28H38N2S. The Balaban J connectivity index is 1.51. The fourth-order valence-corrected chi connectivity index (χ4v) is 4.80. The van der Waals surface area contributed by atoms with Gasteiger partial charge in [-0.3, -0.25) is 0 Å². The van der Waals surface area contributed by atoms with Crippen molar-refractivity contribution in [2.24, 2.45) is 0 Å². The van der Waals surface area contributed by atoms with Crippen LogP contribution in [0.4, 0.5) is 0 Å². The summed E-state index contributed by atoms with van der Waals surface area (Å²) in [5.74, 6) is 0. The summed E-state index contributed by atoms with van der Waals surface area (Å²) in [6.07, 6.45) is 15.7. The first-order valence-electron chi connectivity index (χ1n) is 12.3. The van der Waals surface area contributed by atoms with Gasteiger partial charge in [-0.15, -0.1) is 10.2 Å². The summed E-state index contributed by atoms with van der Waals surface area (Å²) < 4.78 is 0. The molecule has 31 heavy (non-hydrogen) atoms. The average molecular weight is 435 g/mol. The molecule has 0 radical (unpaired) electrons. The van der Waals surface area contributed by atoms with Crippen LogP contribution in [-0.4, -0.2) is 10.2 Å². The molecule has 0 saturated heterocycles. The summed E-state index contributed by atoms with van der Waals surface area (Å²) in [6.45, 7) is 4.53. The van der Waals surface area contributed by atoms with Crippen molar-refractivity contribution in [3.8, 4) is 21.1 Å². The number of unbranched alkanes of at least 4 members (excludes halogenated alkanes) is 8. The number of aryl methyl sites for hydroxylation is 2. The Hall–Kier alpha value is -2.00. The van der Waals surface area contributed by atoms with Gasteiger partial charge in [0.05, 0.1) is 0 Å². The van der Waals surface area contributed by atoms with Crippen LogP contribution in [0.2, 0.25) is 0 Å². The van der Waals surface area contributed by atoms with Gasteiger partial charge in [-0.2, -0.15) is 0 Å². The number of benzene rings is 2. The highest BCUT2D eigenvalue weighted by molar-refractivity contribution is 7.17. The molecule has 0 aliphatic carbocycles. The molecule has 166 valence electrons. The van der Waals surface area contributed by atoms with Gasteiger partial charge in [0.15, 0.2) is 0 Å². The lowest BCUT2D eigenvalue weighted by Gasteiger charge is -2.03. The van der Waals surface area contributed by atoms with Crippen molar-refractivity contribution in [1.29, 1.82) is 0 Å². The molecule has 0 atom stereocenters. The summed E-state index contributed by atoms with van der Waals surface area (Å²) in [5, 5.41) is 10.9. The quantitative estimate of drug-likeness (QED) is 0.237. The van der Waals surface area contributed by atoms with Crippen molar-refractivity contribution in [3.63, 3.8) is 0 Å². The molecule has 1 aromatic heterocycles. The molecule has 0 fully saturated rings. The van der Waals surface area contributed by atoms with Crippen LogP contribution in [0.15, 0.2) is 48.5 Å². The molecule has 2 nitrogen and oxygen atoms in total. The van der Waals surface area contributed by atoms with E-state index in [2.05, 4.69) is 72.6 Å². The summed E-state index contributed by atoms with van der Waals surface area (Å²) in [4.78, 5) is 0. The highest BCUT2D eigenvalue weighted by Gasteiger charge is 2.09. The third-order valence-corrected chi connectivity index (χ3v) is 6.99. The molecule has 0 aliphatic rings. The first kappa shape index (κ1) is 23.7. The molecule has 0 amide bonds. The van der Waals surface area contributed by atoms with Crippen LogP contribution in [0.5, 0.6) is 0 Å². The van der Waals surface area contributed by atoms with Gasteiger partial charge in [0.2, 0.25) is 0 Å². The first-order chi connectivity index (χ1) is 15.3. The van der Waals surface area contributed by atoms with E-state index in [-0.39, 0.29) is 0 Å². The normalized spacial score (nSPS) is 11.2. The Morgan fingerprint density at radius 1 is 0.516 bits per heavy atom. The van der Waals surface area contributed by atoms with E-state index in [1.54, 1.807) is 11.3 Å². The Morgan fingerprint density at radius 2 is 0.903 bits per heavy atom. The molecule has 1 heterocycles. The van der Waals surface area contributed by atoms with Crippen molar-refractivity contribution in [3.05, 3.63) is 59.7 Å². The molecule has 3 heteroatoms. The van der Waals surface area contributed by atoms with E-state index in [1.807, 2.05) is 0 Å². The van der Waals surface area contributed by atoms with Crippen molar-refractivity contribution >= 4 is 11.3 Å². The van der Waals surface area contributed by atoms with E-state index >= 15 is 0 Å². The van der Waals surface area contributed by atoms with Crippen molar-refractivity contribution in [2.75, 3.05) is 0 Å². The highest BCUT2D eigenvalue weighted by atomic mass is 32.1. The second kappa shape index (κ2) is 13.4. The van der Waals surface area contributed by atoms with Crippen molar-refractivity contribution in [2.45, 2.75) is 90.9 Å². The highest BCUT2D eigenvalue weighted by Crippen LogP contribution is 2.30. The summed E-state index contributed by atoms with van der Waals surface area (Å²) in [7, 11) is 0. The van der Waals surface area contributed by atoms with E-state index in [4.69, 9.17) is 0 Å². The molecule has 0 spiro atoms. The Bertz CT molecular complexity index is 865. The second-order valence-electron chi connectivity index (χ2n) is 8.63. The third kappa shape index (κ3) is 7.88. The molecule has 0 saturated carbocycles. The summed E-state index contributed by atoms with van der Waals surface area (Å²) >= 11 is 1.68. The van der Waals surface area contributed by atoms with Crippen LogP contribution in [0.1, 0.15) is 89.2 Å². The van der Waals surface area contributed by atoms with Gasteiger partial charge in [-0.25, -0.2) is 0 Å². The zero-order valence-electron chi connectivity index (χ0n) is 19.4. The Morgan fingerprint density at radius 3 is 1.35 bits per heavy atom. The predicted octanol–water partition coefficient (Wildman–Crippen LogP) is 8.90. The molecule has 0 bridgehead atoms. The van der Waals surface area contributed by atoms with Gasteiger partial charge in [0.25, 0.3) is 0 Å². The lowest BCUT2D eigenvalue weighted by molar-refractivity contribution is 0.607. The van der Waals surface area contributed by atoms with E-state index < -0.39 is 0 Å². The molecule has 0 aliphatic heterocycles. The smallest absolute Gasteiger partial charge is 0.138 e. The maximum Gasteiger partial charge on any atom is 0.148 e. The Kier molecular flexibility index (Phi) is 10.2. The lowest BCUT2D eigenvalue weighted by Crippen LogP contribution is -1.87. The summed E-state index contributed by atoms with van der Waals surface area (Å²) in [6, 6.07) is 17.8. The van der Waals surface area contributed by atoms with E-state index in [1.165, 1.54) is 99.3 Å². The van der Waals surface area contributed by atoms with Gasteiger partial charge >= 0.3 is 0 Å². The minimum Gasteiger partial charge on any atom is -0.138 e. The number of aromatic nitrogens is 2. The van der Waals surface area contributed by atoms with Gasteiger partial charge in [-0.1, -0.05) is 125 Å². The predicted molar refractivity (Wildman–Crippen MR) is 136 cm³/mol. The summed E-state index contributed by atoms with van der Waals surface area (Å²) in [5.41, 5.74) is 5.19. The zero-order valence-corrected chi connectivity index (χ0v) is 20.2. The molecular weight excluding hydrogens is 396 g/mol. The molecule has 3 aromatic rings. The second-order valence-corrected chi connectivity index (χ2v) is 9.61. The first-order valence-corrected chi connectivity index (χ1v) is 13.1. The number of hydrogen-bond acceptors (Lipinski definition) is 3. The average Bonchev–Trinajstić information content (AvgIpc) is 3.30. The third-order valence-electron chi connectivity index (χ3n) is 5.96. The largest absolute Gasteiger partial charge is 0.148 e. The Labute approximate surface area is 193 Å². The fourth-order valence-electron chi connectivity index (χ4n) is 3.95. The van der Waals surface area contributed by atoms with Gasteiger partial charge < -0.3 is 0 Å². The van der Waals surface area contributed by atoms with Crippen molar-refractivity contribution in [1.82, 2.24) is 10.2 Å². The van der Waals surface area contributed by atoms with Crippen LogP contribution >= 0.6 is 11.3 Å². The standard InChI is InChI=1S/C28H38N2S/c1-3-5-7-9-10-12-14-24-17-21-26(22-18-24)28-30-29-27(31-28)25-19-15-23(16-20-25)13-11-8-6-4-2/h15-22H,3-14H2,1-2H3. The molecule has 3 rings (SSSR count). The van der Waals surface area contributed by atoms with Crippen LogP contribution in [0, 0.1) is 0 Å². The van der Waals surface area contributed by atoms with E-state index in [0.29, 0.717) is 0 Å². The monoisotopic (exact) mass is 434 g/mol. The maximum atomic E-state index is 4.46. The molecule has 2 aromatic carbocycles. The van der Waals surface area contributed by atoms with E-state index in [9.17, 15) is 0 Å². The van der Waals surface area contributed by atoms with Crippen LogP contribution < -0.4 is 0 Å².